The third-order valence-corrected chi connectivity index (χ3v) is 5.75. The summed E-state index contributed by atoms with van der Waals surface area (Å²) in [5.41, 5.74) is 1.04. The molecule has 3 rings (SSSR count). The van der Waals surface area contributed by atoms with Gasteiger partial charge in [-0.3, -0.25) is 14.2 Å². The minimum absolute atomic E-state index is 0.0606. The van der Waals surface area contributed by atoms with Crippen molar-refractivity contribution in [2.45, 2.75) is 58.9 Å². The number of aromatic nitrogens is 2. The van der Waals surface area contributed by atoms with E-state index in [-0.39, 0.29) is 18.1 Å². The van der Waals surface area contributed by atoms with Crippen LogP contribution in [0.4, 0.5) is 0 Å². The Morgan fingerprint density at radius 1 is 1.46 bits per heavy atom. The van der Waals surface area contributed by atoms with Crippen LogP contribution < -0.4 is 5.56 Å². The lowest BCUT2D eigenvalue weighted by atomic mass is 9.89. The SMILES string of the molecule is CCCCCOC(=O)Cn1cnc2sc3c(c2c1=O)CCC(C)C3. The number of nitrogens with zero attached hydrogens (tertiary/aromatic N) is 2. The van der Waals surface area contributed by atoms with E-state index in [0.717, 1.165) is 48.9 Å². The molecule has 0 bridgehead atoms. The molecule has 2 aromatic heterocycles. The van der Waals surface area contributed by atoms with E-state index in [2.05, 4.69) is 18.8 Å². The molecule has 130 valence electrons. The number of hydrogen-bond acceptors (Lipinski definition) is 5. The van der Waals surface area contributed by atoms with Crippen LogP contribution in [0, 0.1) is 5.92 Å². The van der Waals surface area contributed by atoms with Crippen LogP contribution in [-0.4, -0.2) is 22.1 Å². The quantitative estimate of drug-likeness (QED) is 0.593. The normalized spacial score (nSPS) is 17.0. The van der Waals surface area contributed by atoms with Gasteiger partial charge in [-0.15, -0.1) is 11.3 Å². The average molecular weight is 348 g/mol. The monoisotopic (exact) mass is 348 g/mol. The minimum atomic E-state index is -0.368. The van der Waals surface area contributed by atoms with Gasteiger partial charge in [0.25, 0.3) is 5.56 Å². The zero-order valence-electron chi connectivity index (χ0n) is 14.3. The largest absolute Gasteiger partial charge is 0.464 e. The van der Waals surface area contributed by atoms with Gasteiger partial charge in [0, 0.05) is 4.88 Å². The second kappa shape index (κ2) is 7.47. The number of rotatable bonds is 6. The van der Waals surface area contributed by atoms with Crippen LogP contribution in [-0.2, 0) is 28.9 Å². The molecule has 1 atom stereocenters. The third kappa shape index (κ3) is 3.53. The molecule has 6 heteroatoms. The second-order valence-corrected chi connectivity index (χ2v) is 7.72. The first-order valence-corrected chi connectivity index (χ1v) is 9.57. The predicted octanol–water partition coefficient (Wildman–Crippen LogP) is 3.32. The van der Waals surface area contributed by atoms with Crippen LogP contribution in [0.15, 0.2) is 11.1 Å². The van der Waals surface area contributed by atoms with Gasteiger partial charge in [-0.25, -0.2) is 4.98 Å². The first-order chi connectivity index (χ1) is 11.6. The third-order valence-electron chi connectivity index (χ3n) is 4.59. The standard InChI is InChI=1S/C18H24N2O3S/c1-3-4-5-8-23-15(21)10-20-11-19-17-16(18(20)22)13-7-6-12(2)9-14(13)24-17/h11-12H,3-10H2,1-2H3. The molecule has 0 aromatic carbocycles. The summed E-state index contributed by atoms with van der Waals surface area (Å²) in [5, 5.41) is 0.711. The molecular weight excluding hydrogens is 324 g/mol. The van der Waals surface area contributed by atoms with Crippen molar-refractivity contribution >= 4 is 27.5 Å². The van der Waals surface area contributed by atoms with E-state index in [1.54, 1.807) is 11.3 Å². The number of unbranched alkanes of at least 4 members (excludes halogenated alkanes) is 2. The van der Waals surface area contributed by atoms with Crippen molar-refractivity contribution in [2.75, 3.05) is 6.61 Å². The average Bonchev–Trinajstić information content (AvgIpc) is 2.92. The van der Waals surface area contributed by atoms with Crippen molar-refractivity contribution in [1.29, 1.82) is 0 Å². The topological polar surface area (TPSA) is 61.2 Å². The molecule has 2 aromatic rings. The molecular formula is C18H24N2O3S. The van der Waals surface area contributed by atoms with E-state index < -0.39 is 0 Å². The summed E-state index contributed by atoms with van der Waals surface area (Å²) in [4.78, 5) is 31.2. The fraction of sp³-hybridized carbons (Fsp3) is 0.611. The van der Waals surface area contributed by atoms with Crippen molar-refractivity contribution in [3.8, 4) is 0 Å². The Bertz CT molecular complexity index is 793. The van der Waals surface area contributed by atoms with Gasteiger partial charge < -0.3 is 4.74 Å². The van der Waals surface area contributed by atoms with Gasteiger partial charge in [0.15, 0.2) is 0 Å². The van der Waals surface area contributed by atoms with Crippen LogP contribution in [0.25, 0.3) is 10.2 Å². The Morgan fingerprint density at radius 3 is 3.08 bits per heavy atom. The molecule has 0 fully saturated rings. The summed E-state index contributed by atoms with van der Waals surface area (Å²) in [7, 11) is 0. The Balaban J connectivity index is 1.79. The Hall–Kier alpha value is -1.69. The molecule has 1 aliphatic carbocycles. The molecule has 0 saturated carbocycles. The molecule has 5 nitrogen and oxygen atoms in total. The summed E-state index contributed by atoms with van der Waals surface area (Å²) >= 11 is 1.62. The van der Waals surface area contributed by atoms with E-state index in [1.165, 1.54) is 15.8 Å². The van der Waals surface area contributed by atoms with E-state index >= 15 is 0 Å². The van der Waals surface area contributed by atoms with Crippen LogP contribution in [0.5, 0.6) is 0 Å². The maximum absolute atomic E-state index is 12.8. The first-order valence-electron chi connectivity index (χ1n) is 8.75. The van der Waals surface area contributed by atoms with Crippen molar-refractivity contribution in [3.05, 3.63) is 27.1 Å². The fourth-order valence-electron chi connectivity index (χ4n) is 3.20. The van der Waals surface area contributed by atoms with Crippen LogP contribution in [0.3, 0.4) is 0 Å². The van der Waals surface area contributed by atoms with E-state index in [1.807, 2.05) is 0 Å². The molecule has 0 amide bonds. The van der Waals surface area contributed by atoms with Gasteiger partial charge in [-0.2, -0.15) is 0 Å². The van der Waals surface area contributed by atoms with Crippen molar-refractivity contribution in [3.63, 3.8) is 0 Å². The number of esters is 1. The smallest absolute Gasteiger partial charge is 0.326 e. The van der Waals surface area contributed by atoms with Crippen molar-refractivity contribution in [1.82, 2.24) is 9.55 Å². The molecule has 0 N–H and O–H groups in total. The summed E-state index contributed by atoms with van der Waals surface area (Å²) in [6.07, 6.45) is 7.52. The molecule has 0 spiro atoms. The van der Waals surface area contributed by atoms with Crippen LogP contribution >= 0.6 is 11.3 Å². The maximum atomic E-state index is 12.8. The highest BCUT2D eigenvalue weighted by molar-refractivity contribution is 7.18. The maximum Gasteiger partial charge on any atom is 0.326 e. The second-order valence-electron chi connectivity index (χ2n) is 6.64. The molecule has 0 aliphatic heterocycles. The molecule has 2 heterocycles. The Kier molecular flexibility index (Phi) is 5.33. The summed E-state index contributed by atoms with van der Waals surface area (Å²) in [6, 6.07) is 0. The predicted molar refractivity (Wildman–Crippen MR) is 95.6 cm³/mol. The lowest BCUT2D eigenvalue weighted by Gasteiger charge is -2.17. The van der Waals surface area contributed by atoms with Crippen LogP contribution in [0.1, 0.15) is 50.0 Å². The first kappa shape index (κ1) is 17.1. The number of thiophene rings is 1. The zero-order chi connectivity index (χ0) is 17.1. The molecule has 0 radical (unpaired) electrons. The highest BCUT2D eigenvalue weighted by Crippen LogP contribution is 2.35. The van der Waals surface area contributed by atoms with E-state index in [0.29, 0.717) is 17.9 Å². The summed E-state index contributed by atoms with van der Waals surface area (Å²) in [6.45, 7) is 4.70. The van der Waals surface area contributed by atoms with Gasteiger partial charge in [0.1, 0.15) is 11.4 Å². The van der Waals surface area contributed by atoms with E-state index in [4.69, 9.17) is 4.74 Å². The highest BCUT2D eigenvalue weighted by atomic mass is 32.1. The Morgan fingerprint density at radius 2 is 2.29 bits per heavy atom. The lowest BCUT2D eigenvalue weighted by molar-refractivity contribution is -0.144. The van der Waals surface area contributed by atoms with Gasteiger partial charge in [-0.1, -0.05) is 26.7 Å². The van der Waals surface area contributed by atoms with Crippen molar-refractivity contribution < 1.29 is 9.53 Å². The summed E-state index contributed by atoms with van der Waals surface area (Å²) < 4.78 is 6.58. The van der Waals surface area contributed by atoms with Gasteiger partial charge >= 0.3 is 5.97 Å². The zero-order valence-corrected chi connectivity index (χ0v) is 15.2. The molecule has 1 unspecified atom stereocenters. The number of carbonyl (C=O) groups is 1. The number of fused-ring (bicyclic) bond motifs is 3. The number of ether oxygens (including phenoxy) is 1. The molecule has 0 saturated heterocycles. The van der Waals surface area contributed by atoms with Gasteiger partial charge in [0.05, 0.1) is 18.3 Å². The Labute approximate surface area is 145 Å². The highest BCUT2D eigenvalue weighted by Gasteiger charge is 2.23. The van der Waals surface area contributed by atoms with E-state index in [9.17, 15) is 9.59 Å². The lowest BCUT2D eigenvalue weighted by Crippen LogP contribution is -2.26. The minimum Gasteiger partial charge on any atom is -0.464 e. The molecule has 24 heavy (non-hydrogen) atoms. The van der Waals surface area contributed by atoms with Crippen LogP contribution in [0.2, 0.25) is 0 Å². The number of carbonyl (C=O) groups excluding carboxylic acids is 1. The fourth-order valence-corrected chi connectivity index (χ4v) is 4.54. The number of aryl methyl sites for hydroxylation is 1. The number of hydrogen-bond donors (Lipinski definition) is 0. The van der Waals surface area contributed by atoms with Gasteiger partial charge in [0.2, 0.25) is 0 Å². The molecule has 1 aliphatic rings. The van der Waals surface area contributed by atoms with Gasteiger partial charge in [-0.05, 0) is 37.2 Å². The summed E-state index contributed by atoms with van der Waals surface area (Å²) in [5.74, 6) is 0.290. The van der Waals surface area contributed by atoms with Crippen molar-refractivity contribution in [2.24, 2.45) is 5.92 Å².